The summed E-state index contributed by atoms with van der Waals surface area (Å²) in [5.74, 6) is -0.700. The van der Waals surface area contributed by atoms with Crippen LogP contribution in [0.4, 0.5) is 5.69 Å². The van der Waals surface area contributed by atoms with Gasteiger partial charge in [0.25, 0.3) is 5.69 Å². The lowest BCUT2D eigenvalue weighted by Crippen LogP contribution is -2.05. The first-order valence-electron chi connectivity index (χ1n) is 4.01. The van der Waals surface area contributed by atoms with E-state index in [1.807, 2.05) is 0 Å². The predicted octanol–water partition coefficient (Wildman–Crippen LogP) is 2.10. The van der Waals surface area contributed by atoms with Gasteiger partial charge in [0.2, 0.25) is 0 Å². The van der Waals surface area contributed by atoms with Crippen molar-refractivity contribution in [1.29, 1.82) is 0 Å². The lowest BCUT2D eigenvalue weighted by Gasteiger charge is -2.02. The molecular formula is C9H9NO4S. The van der Waals surface area contributed by atoms with Crippen LogP contribution < -0.4 is 0 Å². The maximum absolute atomic E-state index is 11.2. The molecule has 0 radical (unpaired) electrons. The molecule has 0 fully saturated rings. The number of hydrogen-bond acceptors (Lipinski definition) is 5. The van der Waals surface area contributed by atoms with E-state index in [0.29, 0.717) is 0 Å². The van der Waals surface area contributed by atoms with E-state index in [1.165, 1.54) is 31.0 Å². The Morgan fingerprint density at radius 1 is 1.53 bits per heavy atom. The number of carbonyl (C=O) groups excluding carboxylic acids is 1. The first kappa shape index (κ1) is 11.5. The van der Waals surface area contributed by atoms with E-state index in [0.717, 1.165) is 4.90 Å². The summed E-state index contributed by atoms with van der Waals surface area (Å²) >= 11 is 1.37. The van der Waals surface area contributed by atoms with Gasteiger partial charge in [0.05, 0.1) is 12.0 Å². The topological polar surface area (TPSA) is 69.4 Å². The predicted molar refractivity (Wildman–Crippen MR) is 56.2 cm³/mol. The highest BCUT2D eigenvalue weighted by atomic mass is 32.2. The van der Waals surface area contributed by atoms with Crippen molar-refractivity contribution in [2.45, 2.75) is 4.90 Å². The van der Waals surface area contributed by atoms with E-state index in [4.69, 9.17) is 0 Å². The van der Waals surface area contributed by atoms with Gasteiger partial charge in [0.15, 0.2) is 0 Å². The van der Waals surface area contributed by atoms with E-state index < -0.39 is 10.9 Å². The first-order valence-corrected chi connectivity index (χ1v) is 5.23. The molecule has 15 heavy (non-hydrogen) atoms. The highest BCUT2D eigenvalue weighted by molar-refractivity contribution is 7.98. The summed E-state index contributed by atoms with van der Waals surface area (Å²) < 4.78 is 4.45. The van der Waals surface area contributed by atoms with Crippen molar-refractivity contribution in [2.24, 2.45) is 0 Å². The highest BCUT2D eigenvalue weighted by Crippen LogP contribution is 2.25. The third-order valence-corrected chi connectivity index (χ3v) is 2.53. The van der Waals surface area contributed by atoms with Crippen molar-refractivity contribution in [3.8, 4) is 0 Å². The minimum absolute atomic E-state index is 0.0275. The maximum atomic E-state index is 11.2. The van der Waals surface area contributed by atoms with Crippen molar-refractivity contribution in [3.63, 3.8) is 0 Å². The van der Waals surface area contributed by atoms with Gasteiger partial charge in [-0.15, -0.1) is 11.8 Å². The Morgan fingerprint density at radius 2 is 2.20 bits per heavy atom. The Bertz CT molecular complexity index is 405. The van der Waals surface area contributed by atoms with Crippen LogP contribution in [0, 0.1) is 10.1 Å². The summed E-state index contributed by atoms with van der Waals surface area (Å²) in [7, 11) is 1.19. The second-order valence-corrected chi connectivity index (χ2v) is 3.51. The van der Waals surface area contributed by atoms with Gasteiger partial charge < -0.3 is 4.74 Å². The van der Waals surface area contributed by atoms with Crippen LogP contribution in [-0.4, -0.2) is 24.3 Å². The van der Waals surface area contributed by atoms with Gasteiger partial charge >= 0.3 is 5.97 Å². The molecule has 0 aliphatic carbocycles. The summed E-state index contributed by atoms with van der Waals surface area (Å²) in [6.45, 7) is 0. The van der Waals surface area contributed by atoms with Gasteiger partial charge in [0, 0.05) is 11.0 Å². The van der Waals surface area contributed by atoms with Crippen molar-refractivity contribution < 1.29 is 14.5 Å². The Labute approximate surface area is 90.6 Å². The molecule has 0 spiro atoms. The zero-order valence-corrected chi connectivity index (χ0v) is 9.04. The quantitative estimate of drug-likeness (QED) is 0.342. The molecule has 1 aromatic carbocycles. The van der Waals surface area contributed by atoms with E-state index in [2.05, 4.69) is 4.74 Å². The Morgan fingerprint density at radius 3 is 2.67 bits per heavy atom. The normalized spacial score (nSPS) is 9.73. The molecule has 1 rings (SSSR count). The number of nitro groups is 1. The number of rotatable bonds is 3. The molecule has 0 N–H and O–H groups in total. The monoisotopic (exact) mass is 227 g/mol. The van der Waals surface area contributed by atoms with Crippen LogP contribution >= 0.6 is 11.8 Å². The summed E-state index contributed by atoms with van der Waals surface area (Å²) in [5.41, 5.74) is -0.256. The summed E-state index contributed by atoms with van der Waals surface area (Å²) in [6, 6.07) is 4.40. The zero-order chi connectivity index (χ0) is 11.4. The lowest BCUT2D eigenvalue weighted by atomic mass is 10.2. The van der Waals surface area contributed by atoms with Gasteiger partial charge in [0.1, 0.15) is 5.56 Å². The molecule has 6 heteroatoms. The molecule has 0 unspecified atom stereocenters. The maximum Gasteiger partial charge on any atom is 0.344 e. The zero-order valence-electron chi connectivity index (χ0n) is 8.22. The van der Waals surface area contributed by atoms with E-state index in [-0.39, 0.29) is 11.3 Å². The second-order valence-electron chi connectivity index (χ2n) is 2.63. The fourth-order valence-corrected chi connectivity index (χ4v) is 1.51. The van der Waals surface area contributed by atoms with Crippen molar-refractivity contribution in [2.75, 3.05) is 13.4 Å². The second kappa shape index (κ2) is 4.79. The number of carbonyl (C=O) groups is 1. The molecule has 0 amide bonds. The van der Waals surface area contributed by atoms with E-state index in [9.17, 15) is 14.9 Å². The van der Waals surface area contributed by atoms with Crippen molar-refractivity contribution in [3.05, 3.63) is 33.9 Å². The summed E-state index contributed by atoms with van der Waals surface area (Å²) in [5, 5.41) is 10.7. The third-order valence-electron chi connectivity index (χ3n) is 1.81. The van der Waals surface area contributed by atoms with Gasteiger partial charge in [-0.05, 0) is 18.4 Å². The number of nitrogens with zero attached hydrogens (tertiary/aromatic N) is 1. The molecule has 0 saturated carbocycles. The average molecular weight is 227 g/mol. The fraction of sp³-hybridized carbons (Fsp3) is 0.222. The molecule has 5 nitrogen and oxygen atoms in total. The molecule has 0 aliphatic rings. The van der Waals surface area contributed by atoms with Gasteiger partial charge in [-0.2, -0.15) is 0 Å². The molecule has 0 heterocycles. The first-order chi connectivity index (χ1) is 7.10. The van der Waals surface area contributed by atoms with Crippen molar-refractivity contribution in [1.82, 2.24) is 0 Å². The largest absolute Gasteiger partial charge is 0.465 e. The fourth-order valence-electron chi connectivity index (χ4n) is 1.07. The standard InChI is InChI=1S/C9H9NO4S/c1-14-9(11)7-4-3-6(15-2)5-8(7)10(12)13/h3-5H,1-2H3. The van der Waals surface area contributed by atoms with Gasteiger partial charge in [-0.3, -0.25) is 10.1 Å². The Kier molecular flexibility index (Phi) is 3.68. The molecular weight excluding hydrogens is 218 g/mol. The molecule has 0 atom stereocenters. The minimum atomic E-state index is -0.700. The third kappa shape index (κ3) is 2.47. The van der Waals surface area contributed by atoms with Crippen LogP contribution in [0.15, 0.2) is 23.1 Å². The average Bonchev–Trinajstić information content (AvgIpc) is 2.27. The number of esters is 1. The molecule has 80 valence electrons. The Balaban J connectivity index is 3.27. The highest BCUT2D eigenvalue weighted by Gasteiger charge is 2.20. The smallest absolute Gasteiger partial charge is 0.344 e. The van der Waals surface area contributed by atoms with Crippen LogP contribution in [0.5, 0.6) is 0 Å². The molecule has 0 aromatic heterocycles. The van der Waals surface area contributed by atoms with Crippen LogP contribution in [-0.2, 0) is 4.74 Å². The number of hydrogen-bond donors (Lipinski definition) is 0. The molecule has 0 saturated heterocycles. The molecule has 0 bridgehead atoms. The molecule has 0 aliphatic heterocycles. The summed E-state index contributed by atoms with van der Waals surface area (Å²) in [6.07, 6.45) is 1.80. The number of ether oxygens (including phenoxy) is 1. The van der Waals surface area contributed by atoms with E-state index in [1.54, 1.807) is 12.3 Å². The van der Waals surface area contributed by atoms with E-state index >= 15 is 0 Å². The number of methoxy groups -OCH3 is 1. The molecule has 1 aromatic rings. The minimum Gasteiger partial charge on any atom is -0.465 e. The van der Waals surface area contributed by atoms with Crippen LogP contribution in [0.3, 0.4) is 0 Å². The number of benzene rings is 1. The van der Waals surface area contributed by atoms with Crippen LogP contribution in [0.2, 0.25) is 0 Å². The summed E-state index contributed by atoms with van der Waals surface area (Å²) in [4.78, 5) is 22.0. The van der Waals surface area contributed by atoms with Crippen molar-refractivity contribution >= 4 is 23.4 Å². The van der Waals surface area contributed by atoms with Crippen LogP contribution in [0.1, 0.15) is 10.4 Å². The number of thioether (sulfide) groups is 1. The number of nitro benzene ring substituents is 1. The lowest BCUT2D eigenvalue weighted by molar-refractivity contribution is -0.385. The van der Waals surface area contributed by atoms with Gasteiger partial charge in [-0.1, -0.05) is 0 Å². The Hall–Kier alpha value is -1.56. The van der Waals surface area contributed by atoms with Gasteiger partial charge in [-0.25, -0.2) is 4.79 Å². The van der Waals surface area contributed by atoms with Crippen LogP contribution in [0.25, 0.3) is 0 Å². The SMILES string of the molecule is COC(=O)c1ccc(SC)cc1[N+](=O)[O-].